The molecule has 0 aliphatic carbocycles. The number of hydrogen-bond acceptors (Lipinski definition) is 22. The van der Waals surface area contributed by atoms with Gasteiger partial charge in [0.2, 0.25) is 82.7 Å². The van der Waals surface area contributed by atoms with Crippen molar-refractivity contribution >= 4 is 131 Å². The van der Waals surface area contributed by atoms with E-state index >= 15 is 0 Å². The number of carboxylic acids is 1. The van der Waals surface area contributed by atoms with Gasteiger partial charge in [0.1, 0.15) is 66.5 Å². The number of nitrogens with zero attached hydrogens (tertiary/aromatic N) is 3. The minimum atomic E-state index is -2.04. The minimum Gasteiger partial charge on any atom is -0.481 e. The van der Waals surface area contributed by atoms with Crippen LogP contribution in [0.25, 0.3) is 10.9 Å². The molecule has 3 aromatic heterocycles. The Balaban J connectivity index is 1.61. The zero-order chi connectivity index (χ0) is 80.6. The molecule has 4 rings (SSSR count). The molecule has 1 aromatic carbocycles. The normalized spacial score (nSPS) is 15.1. The maximum atomic E-state index is 14.6. The molecule has 0 saturated carbocycles. The van der Waals surface area contributed by atoms with Gasteiger partial charge in [-0.05, 0) is 55.6 Å². The third-order valence-corrected chi connectivity index (χ3v) is 17.8. The fraction of sp³-hybridized carbons (Fsp3) is 0.545. The lowest BCUT2D eigenvalue weighted by atomic mass is 9.98. The van der Waals surface area contributed by atoms with Gasteiger partial charge < -0.3 is 118 Å². The number of guanidine groups is 1. The number of carboxylic acid groups (broad SMARTS) is 1. The van der Waals surface area contributed by atoms with E-state index in [1.807, 2.05) is 6.92 Å². The number of nitrogens with two attached hydrogens (primary N) is 5. The Labute approximate surface area is 632 Å². The van der Waals surface area contributed by atoms with Crippen molar-refractivity contribution in [2.24, 2.45) is 51.4 Å². The van der Waals surface area contributed by atoms with Gasteiger partial charge in [0.25, 0.3) is 0 Å². The van der Waals surface area contributed by atoms with Crippen molar-refractivity contribution in [1.82, 2.24) is 88.7 Å². The predicted octanol–water partition coefficient (Wildman–Crippen LogP) is -6.70. The molecule has 42 heteroatoms. The number of hydrogen-bond donors (Lipinski definition) is 24. The highest BCUT2D eigenvalue weighted by atomic mass is 32.1. The lowest BCUT2D eigenvalue weighted by Gasteiger charge is -2.30. The first-order valence-electron chi connectivity index (χ1n) is 34.6. The van der Waals surface area contributed by atoms with Crippen LogP contribution in [0.15, 0.2) is 60.5 Å². The molecule has 0 unspecified atom stereocenters. The SMILES string of the molecule is CC[C@H](C)[C@H](N)C(=O)N[C@@H](CS)C(=O)N[C@H](C(=O)N[C@H](C(=O)N[C@@H](CCC(N)=O)C(=O)N[C@@H](CC(=O)O)C(=O)N[C@@H](Cc1c[nH]c2ccccc12)C(=O)NCC(=O)N[C@@H](Cc1cnc[nH]1)C(=O)N[C@@H](Cc1cnc[nH]1)C(=O)N[C@@H](CCCN=C(N)N)C(=O)N[C@@H](CS)C(=O)N[C@H](C(N)=O)[C@@H](C)O)C(C)C)C(C)C. The summed E-state index contributed by atoms with van der Waals surface area (Å²) in [5.41, 5.74) is 29.5. The summed E-state index contributed by atoms with van der Waals surface area (Å²) in [6, 6.07) is -11.3. The molecule has 14 atom stereocenters. The molecule has 0 spiro atoms. The molecule has 0 radical (unpaired) electrons. The van der Waals surface area contributed by atoms with Crippen LogP contribution in [-0.4, -0.2) is 233 Å². The third kappa shape index (κ3) is 29.1. The lowest BCUT2D eigenvalue weighted by Crippen LogP contribution is -2.62. The molecular formula is C66H101N23O17S2. The van der Waals surface area contributed by atoms with Crippen LogP contribution in [0.2, 0.25) is 0 Å². The number of carbonyl (C=O) groups is 15. The second-order valence-electron chi connectivity index (χ2n) is 26.3. The summed E-state index contributed by atoms with van der Waals surface area (Å²) in [4.78, 5) is 226. The molecule has 0 saturated heterocycles. The number of aliphatic imine (C=N–C) groups is 1. The van der Waals surface area contributed by atoms with Crippen molar-refractivity contribution in [3.63, 3.8) is 0 Å². The third-order valence-electron chi connectivity index (χ3n) is 17.1. The van der Waals surface area contributed by atoms with E-state index < -0.39 is 205 Å². The van der Waals surface area contributed by atoms with Gasteiger partial charge in [-0.15, -0.1) is 0 Å². The van der Waals surface area contributed by atoms with Crippen LogP contribution in [0.4, 0.5) is 0 Å². The van der Waals surface area contributed by atoms with E-state index in [1.54, 1.807) is 58.9 Å². The Morgan fingerprint density at radius 3 is 1.46 bits per heavy atom. The van der Waals surface area contributed by atoms with Crippen LogP contribution < -0.4 is 92.5 Å². The summed E-state index contributed by atoms with van der Waals surface area (Å²) in [5.74, 6) is -17.8. The van der Waals surface area contributed by atoms with Crippen molar-refractivity contribution in [3.8, 4) is 0 Å². The Kier molecular flexibility index (Phi) is 36.7. The second-order valence-corrected chi connectivity index (χ2v) is 27.0. The average Bonchev–Trinajstić information content (AvgIpc) is 1.57. The molecule has 0 bridgehead atoms. The summed E-state index contributed by atoms with van der Waals surface area (Å²) in [6.07, 6.45) is 2.57. The number of H-pyrrole nitrogens is 3. The van der Waals surface area contributed by atoms with Gasteiger partial charge in [-0.1, -0.05) is 66.2 Å². The maximum Gasteiger partial charge on any atom is 0.305 e. The molecule has 594 valence electrons. The molecule has 3 heterocycles. The fourth-order valence-corrected chi connectivity index (χ4v) is 11.2. The molecule has 40 nitrogen and oxygen atoms in total. The Morgan fingerprint density at radius 2 is 0.972 bits per heavy atom. The zero-order valence-electron chi connectivity index (χ0n) is 60.8. The van der Waals surface area contributed by atoms with Crippen LogP contribution in [0.5, 0.6) is 0 Å². The van der Waals surface area contributed by atoms with Gasteiger partial charge in [-0.2, -0.15) is 25.3 Å². The van der Waals surface area contributed by atoms with Crippen molar-refractivity contribution in [2.45, 2.75) is 185 Å². The number of benzene rings is 1. The minimum absolute atomic E-state index is 0.0329. The van der Waals surface area contributed by atoms with Gasteiger partial charge >= 0.3 is 5.97 Å². The number of aliphatic carboxylic acids is 1. The molecule has 108 heavy (non-hydrogen) atoms. The monoisotopic (exact) mass is 1550 g/mol. The lowest BCUT2D eigenvalue weighted by molar-refractivity contribution is -0.141. The number of amides is 14. The molecule has 0 aliphatic rings. The van der Waals surface area contributed by atoms with Gasteiger partial charge in [-0.3, -0.25) is 76.9 Å². The average molecular weight is 1550 g/mol. The molecule has 27 N–H and O–H groups in total. The number of fused-ring (bicyclic) bond motifs is 1. The molecule has 0 aliphatic heterocycles. The van der Waals surface area contributed by atoms with Crippen LogP contribution in [0.3, 0.4) is 0 Å². The Hall–Kier alpha value is -10.9. The van der Waals surface area contributed by atoms with Crippen molar-refractivity contribution in [1.29, 1.82) is 0 Å². The van der Waals surface area contributed by atoms with Crippen LogP contribution in [0.1, 0.15) is 104 Å². The van der Waals surface area contributed by atoms with Crippen LogP contribution in [-0.2, 0) is 91.2 Å². The first-order valence-corrected chi connectivity index (χ1v) is 35.9. The van der Waals surface area contributed by atoms with E-state index in [2.05, 4.69) is 119 Å². The highest BCUT2D eigenvalue weighted by Gasteiger charge is 2.39. The van der Waals surface area contributed by atoms with Crippen LogP contribution >= 0.6 is 25.3 Å². The van der Waals surface area contributed by atoms with E-state index in [0.29, 0.717) is 28.6 Å². The quantitative estimate of drug-likeness (QED) is 0.00846. The zero-order valence-corrected chi connectivity index (χ0v) is 62.6. The molecular weight excluding hydrogens is 1450 g/mol. The molecule has 14 amide bonds. The van der Waals surface area contributed by atoms with E-state index in [-0.39, 0.29) is 67.7 Å². The Bertz CT molecular complexity index is 3780. The van der Waals surface area contributed by atoms with Crippen LogP contribution in [0, 0.1) is 17.8 Å². The number of para-hydroxylation sites is 1. The maximum absolute atomic E-state index is 14.6. The highest BCUT2D eigenvalue weighted by Crippen LogP contribution is 2.20. The van der Waals surface area contributed by atoms with E-state index in [9.17, 15) is 82.1 Å². The summed E-state index contributed by atoms with van der Waals surface area (Å²) < 4.78 is 0. The number of carbonyl (C=O) groups excluding carboxylic acids is 14. The number of aliphatic hydroxyl groups excluding tert-OH is 1. The van der Waals surface area contributed by atoms with Crippen molar-refractivity contribution < 1.29 is 82.1 Å². The smallest absolute Gasteiger partial charge is 0.305 e. The number of rotatable bonds is 47. The first-order chi connectivity index (χ1) is 51.0. The number of thiol groups is 2. The van der Waals surface area contributed by atoms with Gasteiger partial charge in [0, 0.05) is 84.6 Å². The van der Waals surface area contributed by atoms with E-state index in [1.165, 1.54) is 38.2 Å². The highest BCUT2D eigenvalue weighted by molar-refractivity contribution is 7.80. The van der Waals surface area contributed by atoms with Gasteiger partial charge in [0.05, 0.1) is 37.8 Å². The fourth-order valence-electron chi connectivity index (χ4n) is 10.7. The number of nitrogens with one attached hydrogen (secondary N) is 15. The number of aromatic nitrogens is 5. The van der Waals surface area contributed by atoms with Gasteiger partial charge in [-0.25, -0.2) is 9.97 Å². The summed E-state index contributed by atoms with van der Waals surface area (Å²) in [5, 5.41) is 50.5. The first kappa shape index (κ1) is 89.5. The summed E-state index contributed by atoms with van der Waals surface area (Å²) in [7, 11) is 0. The number of imidazole rings is 2. The number of primary amides is 2. The Morgan fingerprint density at radius 1 is 0.528 bits per heavy atom. The number of aliphatic hydroxyl groups is 1. The summed E-state index contributed by atoms with van der Waals surface area (Å²) in [6.45, 7) is 10.1. The molecule has 4 aromatic rings. The largest absolute Gasteiger partial charge is 0.481 e. The second kappa shape index (κ2) is 44.3. The number of aromatic amines is 3. The summed E-state index contributed by atoms with van der Waals surface area (Å²) >= 11 is 8.38. The van der Waals surface area contributed by atoms with E-state index in [0.717, 1.165) is 0 Å². The standard InChI is InChI=1S/C66H101N23O17S2/c1-8-32(6)50(68)63(104)86-46(27-108)61(102)87-52(31(4)5)65(106)88-51(30(2)3)64(105)81-40(15-16-47(67)91)57(98)84-44(21-49(93)94)60(101)82-41(18-34-22-75-38-13-10-9-12-37(34)38)55(96)76-25-48(92)79-42(19-35-23-72-28-77-35)58(99)83-43(20-36-24-73-29-78-36)59(100)80-39(14-11-17-74-66(70)71)56(97)85-45(26-107)62(103)89-53(33(7)90)54(69)95/h9-10,12-13,22-24,28-33,39-46,50-53,75,90,107-108H,8,11,14-21,25-27,68H2,1-7H3,(H2,67,91)(H2,69,95)(H,72,77)(H,73,78)(H,76,96)(H,79,92)(H,80,100)(H,81,105)(H,82,101)(H,83,99)(H,84,98)(H,85,97)(H,86,104)(H,87,102)(H,88,106)(H,89,103)(H,93,94)(H4,70,71,74)/t32-,33+,39-,40-,41-,42-,43-,44-,45-,46-,50-,51-,52-,53-/m0/s1. The van der Waals surface area contributed by atoms with E-state index in [4.69, 9.17) is 28.7 Å². The van der Waals surface area contributed by atoms with Crippen molar-refractivity contribution in [3.05, 3.63) is 72.5 Å². The van der Waals surface area contributed by atoms with Crippen molar-refractivity contribution in [2.75, 3.05) is 24.6 Å². The topological polar surface area (TPSA) is 656 Å². The van der Waals surface area contributed by atoms with Gasteiger partial charge in [0.15, 0.2) is 5.96 Å². The molecule has 0 fully saturated rings. The predicted molar refractivity (Wildman–Crippen MR) is 397 cm³/mol.